The van der Waals surface area contributed by atoms with Crippen molar-refractivity contribution >= 4 is 28.4 Å². The van der Waals surface area contributed by atoms with Crippen LogP contribution in [0.1, 0.15) is 11.1 Å². The van der Waals surface area contributed by atoms with Crippen LogP contribution in [-0.2, 0) is 0 Å². The first-order valence-electron chi connectivity index (χ1n) is 6.92. The first kappa shape index (κ1) is 13.9. The highest BCUT2D eigenvalue weighted by atomic mass is 16.6. The van der Waals surface area contributed by atoms with Crippen molar-refractivity contribution in [3.63, 3.8) is 0 Å². The Hall–Kier alpha value is -3.01. The van der Waals surface area contributed by atoms with Crippen molar-refractivity contribution in [3.05, 3.63) is 81.9 Å². The molecule has 0 N–H and O–H groups in total. The molecule has 0 saturated carbocycles. The van der Waals surface area contributed by atoms with E-state index in [2.05, 4.69) is 4.99 Å². The zero-order valence-electron chi connectivity index (χ0n) is 12.1. The van der Waals surface area contributed by atoms with Crippen molar-refractivity contribution in [2.24, 2.45) is 4.99 Å². The molecule has 0 radical (unpaired) electrons. The molecule has 0 spiro atoms. The number of rotatable bonds is 3. The lowest BCUT2D eigenvalue weighted by molar-refractivity contribution is -0.385. The number of nitrogens with zero attached hydrogens (tertiary/aromatic N) is 2. The van der Waals surface area contributed by atoms with Gasteiger partial charge in [-0.2, -0.15) is 0 Å². The fraction of sp³-hybridized carbons (Fsp3) is 0.0556. The fourth-order valence-corrected chi connectivity index (χ4v) is 2.45. The molecule has 0 atom stereocenters. The lowest BCUT2D eigenvalue weighted by Crippen LogP contribution is -1.91. The summed E-state index contributed by atoms with van der Waals surface area (Å²) in [5.41, 5.74) is 2.27. The van der Waals surface area contributed by atoms with Crippen molar-refractivity contribution in [2.45, 2.75) is 6.92 Å². The van der Waals surface area contributed by atoms with E-state index in [-0.39, 0.29) is 10.6 Å². The van der Waals surface area contributed by atoms with E-state index in [1.807, 2.05) is 42.5 Å². The van der Waals surface area contributed by atoms with Gasteiger partial charge in [-0.05, 0) is 23.8 Å². The highest BCUT2D eigenvalue weighted by Crippen LogP contribution is 2.27. The molecule has 0 aliphatic rings. The van der Waals surface area contributed by atoms with E-state index < -0.39 is 0 Å². The molecule has 3 aromatic carbocycles. The van der Waals surface area contributed by atoms with Gasteiger partial charge < -0.3 is 0 Å². The van der Waals surface area contributed by atoms with E-state index in [0.717, 1.165) is 16.3 Å². The zero-order chi connectivity index (χ0) is 15.5. The summed E-state index contributed by atoms with van der Waals surface area (Å²) in [5, 5.41) is 13.2. The Balaban J connectivity index is 2.04. The Bertz CT molecular complexity index is 880. The van der Waals surface area contributed by atoms with Gasteiger partial charge in [-0.25, -0.2) is 0 Å². The third kappa shape index (κ3) is 2.59. The second kappa shape index (κ2) is 5.77. The molecular weight excluding hydrogens is 276 g/mol. The molecule has 0 amide bonds. The first-order valence-corrected chi connectivity index (χ1v) is 6.92. The second-order valence-corrected chi connectivity index (χ2v) is 5.00. The van der Waals surface area contributed by atoms with E-state index in [4.69, 9.17) is 0 Å². The van der Waals surface area contributed by atoms with Gasteiger partial charge in [0.25, 0.3) is 5.69 Å². The highest BCUT2D eigenvalue weighted by molar-refractivity contribution is 6.00. The van der Waals surface area contributed by atoms with Gasteiger partial charge in [-0.1, -0.05) is 48.5 Å². The molecule has 3 rings (SSSR count). The Morgan fingerprint density at radius 2 is 1.73 bits per heavy atom. The predicted molar refractivity (Wildman–Crippen MR) is 89.0 cm³/mol. The maximum atomic E-state index is 11.0. The molecule has 4 nitrogen and oxygen atoms in total. The van der Waals surface area contributed by atoms with E-state index >= 15 is 0 Å². The van der Waals surface area contributed by atoms with Gasteiger partial charge in [0.2, 0.25) is 0 Å². The Kier molecular flexibility index (Phi) is 3.66. The molecule has 3 aromatic rings. The van der Waals surface area contributed by atoms with Gasteiger partial charge in [-0.15, -0.1) is 0 Å². The van der Waals surface area contributed by atoms with Crippen molar-refractivity contribution in [1.82, 2.24) is 0 Å². The third-order valence-electron chi connectivity index (χ3n) is 3.64. The minimum Gasteiger partial charge on any atom is -0.258 e. The van der Waals surface area contributed by atoms with Crippen LogP contribution in [0.4, 0.5) is 11.4 Å². The summed E-state index contributed by atoms with van der Waals surface area (Å²) in [4.78, 5) is 15.0. The summed E-state index contributed by atoms with van der Waals surface area (Å²) >= 11 is 0. The fourth-order valence-electron chi connectivity index (χ4n) is 2.45. The van der Waals surface area contributed by atoms with Crippen LogP contribution in [0.15, 0.2) is 65.7 Å². The van der Waals surface area contributed by atoms with Crippen LogP contribution in [0.2, 0.25) is 0 Å². The van der Waals surface area contributed by atoms with Crippen molar-refractivity contribution in [1.29, 1.82) is 0 Å². The maximum absolute atomic E-state index is 11.0. The monoisotopic (exact) mass is 290 g/mol. The smallest absolute Gasteiger partial charge is 0.258 e. The molecule has 0 fully saturated rings. The SMILES string of the molecule is Cc1c(N=Cc2cccc3ccccc23)cccc1[N+](=O)[O-]. The summed E-state index contributed by atoms with van der Waals surface area (Å²) in [6.07, 6.45) is 1.76. The van der Waals surface area contributed by atoms with Crippen LogP contribution in [-0.4, -0.2) is 11.1 Å². The lowest BCUT2D eigenvalue weighted by Gasteiger charge is -2.03. The Labute approximate surface area is 127 Å². The molecule has 0 aromatic heterocycles. The van der Waals surface area contributed by atoms with Crippen molar-refractivity contribution in [3.8, 4) is 0 Å². The molecule has 0 heterocycles. The van der Waals surface area contributed by atoms with Gasteiger partial charge in [0.05, 0.1) is 16.2 Å². The molecule has 0 saturated heterocycles. The second-order valence-electron chi connectivity index (χ2n) is 5.00. The molecule has 108 valence electrons. The molecule has 0 aliphatic heterocycles. The first-order chi connectivity index (χ1) is 10.7. The van der Waals surface area contributed by atoms with Gasteiger partial charge in [0.15, 0.2) is 0 Å². The van der Waals surface area contributed by atoms with Crippen molar-refractivity contribution < 1.29 is 4.92 Å². The van der Waals surface area contributed by atoms with Crippen LogP contribution in [0, 0.1) is 17.0 Å². The van der Waals surface area contributed by atoms with Gasteiger partial charge >= 0.3 is 0 Å². The standard InChI is InChI=1S/C18H14N2O2/c1-13-17(10-5-11-18(13)20(21)22)19-12-15-8-4-7-14-6-2-3-9-16(14)15/h2-12H,1H3. The molecule has 22 heavy (non-hydrogen) atoms. The summed E-state index contributed by atoms with van der Waals surface area (Å²) in [6.45, 7) is 1.72. The average molecular weight is 290 g/mol. The summed E-state index contributed by atoms with van der Waals surface area (Å²) in [7, 11) is 0. The molecule has 4 heteroatoms. The van der Waals surface area contributed by atoms with E-state index in [0.29, 0.717) is 11.3 Å². The minimum atomic E-state index is -0.383. The quantitative estimate of drug-likeness (QED) is 0.395. The maximum Gasteiger partial charge on any atom is 0.274 e. The predicted octanol–water partition coefficient (Wildman–Crippen LogP) is 4.81. The van der Waals surface area contributed by atoms with Gasteiger partial charge in [0, 0.05) is 17.8 Å². The number of hydrogen-bond acceptors (Lipinski definition) is 3. The number of hydrogen-bond donors (Lipinski definition) is 0. The average Bonchev–Trinajstić information content (AvgIpc) is 2.53. The molecule has 0 unspecified atom stereocenters. The minimum absolute atomic E-state index is 0.0903. The van der Waals surface area contributed by atoms with E-state index in [1.54, 1.807) is 25.3 Å². The molecule has 0 aliphatic carbocycles. The van der Waals surface area contributed by atoms with Crippen LogP contribution in [0.3, 0.4) is 0 Å². The molecular formula is C18H14N2O2. The van der Waals surface area contributed by atoms with Crippen LogP contribution in [0.25, 0.3) is 10.8 Å². The highest BCUT2D eigenvalue weighted by Gasteiger charge is 2.12. The van der Waals surface area contributed by atoms with E-state index in [1.165, 1.54) is 6.07 Å². The number of fused-ring (bicyclic) bond motifs is 1. The third-order valence-corrected chi connectivity index (χ3v) is 3.64. The van der Waals surface area contributed by atoms with Gasteiger partial charge in [-0.3, -0.25) is 15.1 Å². The summed E-state index contributed by atoms with van der Waals surface area (Å²) in [5.74, 6) is 0. The summed E-state index contributed by atoms with van der Waals surface area (Å²) < 4.78 is 0. The van der Waals surface area contributed by atoms with Crippen LogP contribution in [0.5, 0.6) is 0 Å². The number of benzene rings is 3. The normalized spacial score (nSPS) is 11.1. The number of nitro groups is 1. The van der Waals surface area contributed by atoms with Crippen LogP contribution < -0.4 is 0 Å². The molecule has 0 bridgehead atoms. The van der Waals surface area contributed by atoms with Gasteiger partial charge in [0.1, 0.15) is 0 Å². The lowest BCUT2D eigenvalue weighted by atomic mass is 10.1. The Morgan fingerprint density at radius 3 is 2.55 bits per heavy atom. The summed E-state index contributed by atoms with van der Waals surface area (Å²) in [6, 6.07) is 19.0. The Morgan fingerprint density at radius 1 is 1.00 bits per heavy atom. The largest absolute Gasteiger partial charge is 0.274 e. The number of aliphatic imine (C=N–C) groups is 1. The zero-order valence-corrected chi connectivity index (χ0v) is 12.1. The van der Waals surface area contributed by atoms with Crippen LogP contribution >= 0.6 is 0 Å². The topological polar surface area (TPSA) is 55.5 Å². The van der Waals surface area contributed by atoms with Crippen molar-refractivity contribution in [2.75, 3.05) is 0 Å². The van der Waals surface area contributed by atoms with E-state index in [9.17, 15) is 10.1 Å². The number of nitro benzene ring substituents is 1.